The maximum Gasteiger partial charge on any atom is 0.0839 e. The Morgan fingerprint density at radius 2 is 1.94 bits per heavy atom. The Morgan fingerprint density at radius 1 is 1.22 bits per heavy atom. The van der Waals surface area contributed by atoms with Gasteiger partial charge in [0.15, 0.2) is 0 Å². The Bertz CT molecular complexity index is 727. The van der Waals surface area contributed by atoms with Gasteiger partial charge in [-0.3, -0.25) is 0 Å². The first-order chi connectivity index (χ1) is 15.0. The summed E-state index contributed by atoms with van der Waals surface area (Å²) in [5.74, 6) is 1.99. The molecule has 0 radical (unpaired) electrons. The van der Waals surface area contributed by atoms with Gasteiger partial charge in [-0.25, -0.2) is 0 Å². The minimum Gasteiger partial charge on any atom is -0.392 e. The van der Waals surface area contributed by atoms with Crippen LogP contribution in [0.1, 0.15) is 98.8 Å². The summed E-state index contributed by atoms with van der Waals surface area (Å²) in [6, 6.07) is 0. The number of hydrogen-bond donors (Lipinski definition) is 3. The Balaban J connectivity index is 1.71. The molecule has 0 saturated heterocycles. The Morgan fingerprint density at radius 3 is 2.59 bits per heavy atom. The monoisotopic (exact) mass is 444 g/mol. The van der Waals surface area contributed by atoms with Crippen LogP contribution in [0.4, 0.5) is 0 Å². The molecule has 0 heterocycles. The van der Waals surface area contributed by atoms with Crippen LogP contribution in [0.2, 0.25) is 0 Å². The first kappa shape index (κ1) is 25.7. The van der Waals surface area contributed by atoms with Crippen LogP contribution in [0.5, 0.6) is 0 Å². The van der Waals surface area contributed by atoms with E-state index in [9.17, 15) is 15.3 Å². The summed E-state index contributed by atoms with van der Waals surface area (Å²) in [5.41, 5.74) is 3.18. The highest BCUT2D eigenvalue weighted by molar-refractivity contribution is 5.39. The summed E-state index contributed by atoms with van der Waals surface area (Å²) < 4.78 is 0. The molecule has 0 aliphatic heterocycles. The zero-order chi connectivity index (χ0) is 23.7. The van der Waals surface area contributed by atoms with Crippen LogP contribution in [0.15, 0.2) is 35.5 Å². The molecular weight excluding hydrogens is 396 g/mol. The lowest BCUT2D eigenvalue weighted by Gasteiger charge is -2.44. The normalized spacial score (nSPS) is 39.5. The van der Waals surface area contributed by atoms with Crippen molar-refractivity contribution in [1.29, 1.82) is 0 Å². The topological polar surface area (TPSA) is 60.7 Å². The Labute approximate surface area is 196 Å². The van der Waals surface area contributed by atoms with Crippen LogP contribution < -0.4 is 0 Å². The van der Waals surface area contributed by atoms with Crippen molar-refractivity contribution in [2.45, 2.75) is 117 Å². The summed E-state index contributed by atoms with van der Waals surface area (Å²) in [6.45, 7) is 15.0. The Kier molecular flexibility index (Phi) is 8.16. The third-order valence-electron chi connectivity index (χ3n) is 9.24. The molecule has 32 heavy (non-hydrogen) atoms. The van der Waals surface area contributed by atoms with Crippen molar-refractivity contribution in [3.8, 4) is 0 Å². The van der Waals surface area contributed by atoms with Gasteiger partial charge >= 0.3 is 0 Å². The molecule has 0 aromatic rings. The van der Waals surface area contributed by atoms with E-state index < -0.39 is 17.8 Å². The Hall–Kier alpha value is -0.900. The predicted molar refractivity (Wildman–Crippen MR) is 133 cm³/mol. The molecule has 3 aliphatic carbocycles. The molecule has 3 saturated carbocycles. The van der Waals surface area contributed by atoms with Gasteiger partial charge in [0.1, 0.15) is 0 Å². The zero-order valence-corrected chi connectivity index (χ0v) is 21.2. The number of allylic oxidation sites excluding steroid dienone is 3. The quantitative estimate of drug-likeness (QED) is 0.429. The van der Waals surface area contributed by atoms with Crippen LogP contribution in [0.3, 0.4) is 0 Å². The SMILES string of the molecule is C=C1C(=CC=C2CCC[C@]3(C)[C@@H]([C@H](C)CCCC(C)(C)O)CC[C@@H]23)C[C@@H](O)[C@@H](CC)[C@@H]1O. The number of aliphatic hydroxyl groups is 3. The van der Waals surface area contributed by atoms with Gasteiger partial charge in [0.25, 0.3) is 0 Å². The summed E-state index contributed by atoms with van der Waals surface area (Å²) >= 11 is 0. The van der Waals surface area contributed by atoms with Crippen molar-refractivity contribution in [3.63, 3.8) is 0 Å². The van der Waals surface area contributed by atoms with Crippen LogP contribution in [-0.4, -0.2) is 33.1 Å². The fourth-order valence-corrected chi connectivity index (χ4v) is 7.32. The number of fused-ring (bicyclic) bond motifs is 1. The smallest absolute Gasteiger partial charge is 0.0839 e. The third-order valence-corrected chi connectivity index (χ3v) is 9.24. The van der Waals surface area contributed by atoms with Crippen LogP contribution in [-0.2, 0) is 0 Å². The van der Waals surface area contributed by atoms with Gasteiger partial charge in [-0.05, 0) is 99.5 Å². The summed E-state index contributed by atoms with van der Waals surface area (Å²) in [7, 11) is 0. The van der Waals surface area contributed by atoms with E-state index in [2.05, 4.69) is 32.6 Å². The van der Waals surface area contributed by atoms with Crippen molar-refractivity contribution in [3.05, 3.63) is 35.5 Å². The van der Waals surface area contributed by atoms with Gasteiger partial charge < -0.3 is 15.3 Å². The maximum absolute atomic E-state index is 10.6. The van der Waals surface area contributed by atoms with Gasteiger partial charge in [0.2, 0.25) is 0 Å². The number of rotatable bonds is 7. The van der Waals surface area contributed by atoms with E-state index in [4.69, 9.17) is 0 Å². The van der Waals surface area contributed by atoms with Gasteiger partial charge in [-0.2, -0.15) is 0 Å². The lowest BCUT2D eigenvalue weighted by atomic mass is 9.60. The average Bonchev–Trinajstić information content (AvgIpc) is 3.06. The van der Waals surface area contributed by atoms with Crippen LogP contribution in [0, 0.1) is 29.1 Å². The third kappa shape index (κ3) is 5.42. The molecule has 3 fully saturated rings. The molecule has 0 aromatic carbocycles. The van der Waals surface area contributed by atoms with Gasteiger partial charge in [0.05, 0.1) is 17.8 Å². The molecule has 3 heteroatoms. The first-order valence-corrected chi connectivity index (χ1v) is 13.1. The molecular formula is C29H48O3. The minimum atomic E-state index is -0.634. The van der Waals surface area contributed by atoms with Crippen molar-refractivity contribution < 1.29 is 15.3 Å². The lowest BCUT2D eigenvalue weighted by molar-refractivity contribution is 0.0167. The van der Waals surface area contributed by atoms with Crippen LogP contribution >= 0.6 is 0 Å². The molecule has 0 unspecified atom stereocenters. The first-order valence-electron chi connectivity index (χ1n) is 13.1. The molecule has 0 amide bonds. The van der Waals surface area contributed by atoms with Crippen molar-refractivity contribution >= 4 is 0 Å². The van der Waals surface area contributed by atoms with Crippen molar-refractivity contribution in [2.24, 2.45) is 29.1 Å². The minimum absolute atomic E-state index is 0.0984. The fourth-order valence-electron chi connectivity index (χ4n) is 7.32. The standard InChI is InChI=1S/C29H48O3/c1-7-23-26(30)18-22(20(3)27(23)31)13-12-21-11-9-17-29(6)24(14-15-25(21)29)19(2)10-8-16-28(4,5)32/h12-13,19,23-27,30-32H,3,7-11,14-18H2,1-2,4-6H3/t19-,23-,24-,25+,26-,27-,29-/m1/s1. The second-order valence-electron chi connectivity index (χ2n) is 12.0. The molecule has 3 N–H and O–H groups in total. The molecule has 7 atom stereocenters. The maximum atomic E-state index is 10.6. The van der Waals surface area contributed by atoms with E-state index in [-0.39, 0.29) is 5.92 Å². The largest absolute Gasteiger partial charge is 0.392 e. The van der Waals surface area contributed by atoms with Gasteiger partial charge in [-0.15, -0.1) is 0 Å². The second kappa shape index (κ2) is 10.2. The molecule has 0 spiro atoms. The summed E-state index contributed by atoms with van der Waals surface area (Å²) in [4.78, 5) is 0. The highest BCUT2D eigenvalue weighted by atomic mass is 16.3. The zero-order valence-electron chi connectivity index (χ0n) is 21.2. The van der Waals surface area contributed by atoms with E-state index in [1.54, 1.807) is 5.57 Å². The fraction of sp³-hybridized carbons (Fsp3) is 0.793. The number of hydrogen-bond acceptors (Lipinski definition) is 3. The molecule has 0 bridgehead atoms. The highest BCUT2D eigenvalue weighted by Crippen LogP contribution is 2.60. The lowest BCUT2D eigenvalue weighted by Crippen LogP contribution is -2.38. The predicted octanol–water partition coefficient (Wildman–Crippen LogP) is 6.34. The molecule has 0 aromatic heterocycles. The van der Waals surface area contributed by atoms with Crippen molar-refractivity contribution in [1.82, 2.24) is 0 Å². The second-order valence-corrected chi connectivity index (χ2v) is 12.0. The van der Waals surface area contributed by atoms with Crippen LogP contribution in [0.25, 0.3) is 0 Å². The summed E-state index contributed by atoms with van der Waals surface area (Å²) in [5, 5.41) is 31.1. The molecule has 3 rings (SSSR count). The van der Waals surface area contributed by atoms with E-state index in [0.29, 0.717) is 23.7 Å². The van der Waals surface area contributed by atoms with E-state index in [0.717, 1.165) is 36.3 Å². The molecule has 3 aliphatic rings. The van der Waals surface area contributed by atoms with E-state index in [1.807, 2.05) is 20.8 Å². The molecule has 3 nitrogen and oxygen atoms in total. The average molecular weight is 445 g/mol. The van der Waals surface area contributed by atoms with E-state index in [1.165, 1.54) is 38.5 Å². The van der Waals surface area contributed by atoms with Crippen molar-refractivity contribution in [2.75, 3.05) is 0 Å². The van der Waals surface area contributed by atoms with Gasteiger partial charge in [-0.1, -0.05) is 57.9 Å². The number of aliphatic hydroxyl groups excluding tert-OH is 2. The van der Waals surface area contributed by atoms with E-state index >= 15 is 0 Å². The highest BCUT2D eigenvalue weighted by Gasteiger charge is 2.50. The molecule has 182 valence electrons. The van der Waals surface area contributed by atoms with Gasteiger partial charge in [0, 0.05) is 5.92 Å². The summed E-state index contributed by atoms with van der Waals surface area (Å²) in [6.07, 6.45) is 14.2.